The first-order valence-electron chi connectivity index (χ1n) is 11.5. The van der Waals surface area contributed by atoms with Gasteiger partial charge in [0.05, 0.1) is 5.69 Å². The topological polar surface area (TPSA) is 58.5 Å². The van der Waals surface area contributed by atoms with Crippen molar-refractivity contribution in [2.75, 3.05) is 5.32 Å². The smallest absolute Gasteiger partial charge is 0.275 e. The van der Waals surface area contributed by atoms with Crippen molar-refractivity contribution in [3.05, 3.63) is 59.0 Å². The van der Waals surface area contributed by atoms with Gasteiger partial charge < -0.3 is 15.4 Å². The predicted octanol–water partition coefficient (Wildman–Crippen LogP) is 7.17. The van der Waals surface area contributed by atoms with Crippen molar-refractivity contribution in [1.29, 1.82) is 0 Å². The normalized spacial score (nSPS) is 25.8. The number of nitrogens with zero attached hydrogens (tertiary/aromatic N) is 2. The second-order valence-corrected chi connectivity index (χ2v) is 10.8. The number of hydrogen-bond donors (Lipinski definition) is 2. The zero-order valence-corrected chi connectivity index (χ0v) is 21.1. The highest BCUT2D eigenvalue weighted by atomic mass is 32.1. The monoisotopic (exact) mass is 518 g/mol. The standard InChI is InChI=1S/C26H26F4N4OS/c1-15-9-10-19(16(2)11-15)35-20-8-6-5-7-17(20)18-12-36-22(31-18)32-21(33-23(3)13-25(23,27)28)34-24(4)14-26(24,29)30/h5-12H,13-14H2,1-4H3,(H2,31,32,33,34). The van der Waals surface area contributed by atoms with Crippen molar-refractivity contribution >= 4 is 22.4 Å². The number of hydrogen-bond acceptors (Lipinski definition) is 4. The summed E-state index contributed by atoms with van der Waals surface area (Å²) in [7, 11) is 0. The maximum atomic E-state index is 13.9. The number of benzene rings is 2. The minimum Gasteiger partial charge on any atom is -0.456 e. The predicted molar refractivity (Wildman–Crippen MR) is 134 cm³/mol. The van der Waals surface area contributed by atoms with Crippen LogP contribution < -0.4 is 15.4 Å². The quantitative estimate of drug-likeness (QED) is 0.206. The van der Waals surface area contributed by atoms with E-state index in [2.05, 4.69) is 20.6 Å². The number of ether oxygens (including phenoxy) is 1. The van der Waals surface area contributed by atoms with E-state index in [0.29, 0.717) is 16.6 Å². The number of aromatic nitrogens is 1. The number of alkyl halides is 4. The Morgan fingerprint density at radius 1 is 1.00 bits per heavy atom. The summed E-state index contributed by atoms with van der Waals surface area (Å²) in [5.74, 6) is -4.75. The molecule has 1 heterocycles. The van der Waals surface area contributed by atoms with E-state index in [1.165, 1.54) is 25.2 Å². The van der Waals surface area contributed by atoms with Crippen molar-refractivity contribution in [3.63, 3.8) is 0 Å². The number of nitrogens with one attached hydrogen (secondary N) is 2. The van der Waals surface area contributed by atoms with Crippen LogP contribution in [0.15, 0.2) is 52.8 Å². The fraction of sp³-hybridized carbons (Fsp3) is 0.385. The highest BCUT2D eigenvalue weighted by Crippen LogP contribution is 2.56. The molecule has 0 saturated heterocycles. The second-order valence-electron chi connectivity index (χ2n) is 9.98. The highest BCUT2D eigenvalue weighted by molar-refractivity contribution is 7.14. The van der Waals surface area contributed by atoms with Gasteiger partial charge in [0.15, 0.2) is 11.1 Å². The zero-order chi connectivity index (χ0) is 25.9. The van der Waals surface area contributed by atoms with E-state index in [1.54, 1.807) is 5.38 Å². The lowest BCUT2D eigenvalue weighted by atomic mass is 10.1. The van der Waals surface area contributed by atoms with Gasteiger partial charge in [-0.1, -0.05) is 29.8 Å². The van der Waals surface area contributed by atoms with Crippen LogP contribution in [0.3, 0.4) is 0 Å². The molecule has 2 atom stereocenters. The summed E-state index contributed by atoms with van der Waals surface area (Å²) in [6.45, 7) is 6.62. The Bertz CT molecular complexity index is 1360. The lowest BCUT2D eigenvalue weighted by molar-refractivity contribution is 0.0882. The molecule has 36 heavy (non-hydrogen) atoms. The fourth-order valence-corrected chi connectivity index (χ4v) is 4.71. The molecule has 10 heteroatoms. The summed E-state index contributed by atoms with van der Waals surface area (Å²) in [5.41, 5.74) is 0.252. The molecule has 5 rings (SSSR count). The maximum Gasteiger partial charge on any atom is 0.275 e. The molecular formula is C26H26F4N4OS. The number of rotatable bonds is 6. The first-order valence-corrected chi connectivity index (χ1v) is 12.4. The van der Waals surface area contributed by atoms with Gasteiger partial charge in [-0.15, -0.1) is 11.3 Å². The molecule has 1 aromatic heterocycles. The Kier molecular flexibility index (Phi) is 5.59. The van der Waals surface area contributed by atoms with Crippen LogP contribution in [0.2, 0.25) is 0 Å². The summed E-state index contributed by atoms with van der Waals surface area (Å²) in [5, 5.41) is 7.62. The largest absolute Gasteiger partial charge is 0.456 e. The van der Waals surface area contributed by atoms with Crippen molar-refractivity contribution in [1.82, 2.24) is 10.3 Å². The van der Waals surface area contributed by atoms with Crippen LogP contribution in [0, 0.1) is 13.8 Å². The number of anilines is 1. The van der Waals surface area contributed by atoms with Crippen LogP contribution >= 0.6 is 11.3 Å². The number of para-hydroxylation sites is 1. The molecular weight excluding hydrogens is 492 g/mol. The second kappa shape index (κ2) is 8.19. The first-order chi connectivity index (χ1) is 16.8. The average Bonchev–Trinajstić information content (AvgIpc) is 3.32. The van der Waals surface area contributed by atoms with Crippen molar-refractivity contribution in [2.24, 2.45) is 4.99 Å². The molecule has 0 spiro atoms. The van der Waals surface area contributed by atoms with Crippen LogP contribution in [0.25, 0.3) is 11.3 Å². The molecule has 2 unspecified atom stereocenters. The number of aryl methyl sites for hydroxylation is 2. The molecule has 2 aliphatic carbocycles. The van der Waals surface area contributed by atoms with Crippen LogP contribution in [0.1, 0.15) is 37.8 Å². The third-order valence-electron chi connectivity index (χ3n) is 6.68. The zero-order valence-electron chi connectivity index (χ0n) is 20.3. The Morgan fingerprint density at radius 2 is 1.69 bits per heavy atom. The summed E-state index contributed by atoms with van der Waals surface area (Å²) in [6, 6.07) is 13.3. The molecule has 2 saturated carbocycles. The lowest BCUT2D eigenvalue weighted by Crippen LogP contribution is -2.43. The molecule has 3 aromatic rings. The molecule has 0 bridgehead atoms. The number of thiazole rings is 1. The molecule has 190 valence electrons. The van der Waals surface area contributed by atoms with Gasteiger partial charge >= 0.3 is 0 Å². The van der Waals surface area contributed by atoms with Crippen molar-refractivity contribution in [2.45, 2.75) is 63.5 Å². The van der Waals surface area contributed by atoms with Crippen LogP contribution in [-0.4, -0.2) is 33.9 Å². The van der Waals surface area contributed by atoms with E-state index in [4.69, 9.17) is 4.74 Å². The number of aliphatic imine (C=N–C) groups is 1. The molecule has 0 aliphatic heterocycles. The summed E-state index contributed by atoms with van der Waals surface area (Å²) in [6.07, 6.45) is -0.841. The SMILES string of the molecule is Cc1ccc(Oc2ccccc2-c2csc(NC(=NC3(C)CC3(F)F)NC3(C)CC3(F)F)n2)c(C)c1. The molecule has 0 radical (unpaired) electrons. The third kappa shape index (κ3) is 4.54. The summed E-state index contributed by atoms with van der Waals surface area (Å²) in [4.78, 5) is 8.65. The van der Waals surface area contributed by atoms with Gasteiger partial charge in [0.2, 0.25) is 0 Å². The summed E-state index contributed by atoms with van der Waals surface area (Å²) < 4.78 is 61.6. The number of halogens is 4. The van der Waals surface area contributed by atoms with E-state index in [1.807, 2.05) is 56.3 Å². The summed E-state index contributed by atoms with van der Waals surface area (Å²) >= 11 is 1.21. The maximum absolute atomic E-state index is 13.9. The molecule has 2 aromatic carbocycles. The average molecular weight is 519 g/mol. The van der Waals surface area contributed by atoms with Gasteiger partial charge in [-0.3, -0.25) is 0 Å². The van der Waals surface area contributed by atoms with E-state index in [0.717, 1.165) is 22.4 Å². The van der Waals surface area contributed by atoms with E-state index >= 15 is 0 Å². The lowest BCUT2D eigenvalue weighted by Gasteiger charge is -2.18. The van der Waals surface area contributed by atoms with E-state index in [-0.39, 0.29) is 5.96 Å². The van der Waals surface area contributed by atoms with Crippen LogP contribution in [0.5, 0.6) is 11.5 Å². The minimum atomic E-state index is -2.98. The molecule has 2 fully saturated rings. The number of guanidine groups is 1. The molecule has 0 amide bonds. The van der Waals surface area contributed by atoms with Crippen molar-refractivity contribution < 1.29 is 22.3 Å². The molecule has 2 N–H and O–H groups in total. The third-order valence-corrected chi connectivity index (χ3v) is 7.44. The minimum absolute atomic E-state index is 0.143. The van der Waals surface area contributed by atoms with Crippen molar-refractivity contribution in [3.8, 4) is 22.8 Å². The van der Waals surface area contributed by atoms with Gasteiger partial charge in [-0.05, 0) is 51.5 Å². The van der Waals surface area contributed by atoms with E-state index in [9.17, 15) is 17.6 Å². The van der Waals surface area contributed by atoms with Crippen LogP contribution in [-0.2, 0) is 0 Å². The Labute approximate surface area is 210 Å². The molecule has 5 nitrogen and oxygen atoms in total. The van der Waals surface area contributed by atoms with Gasteiger partial charge in [0.1, 0.15) is 22.6 Å². The van der Waals surface area contributed by atoms with Gasteiger partial charge in [0.25, 0.3) is 11.8 Å². The van der Waals surface area contributed by atoms with Gasteiger partial charge in [-0.2, -0.15) is 0 Å². The fourth-order valence-electron chi connectivity index (χ4n) is 4.00. The Hall–Kier alpha value is -3.14. The first kappa shape index (κ1) is 24.5. The Balaban J connectivity index is 1.40. The molecule has 2 aliphatic rings. The van der Waals surface area contributed by atoms with Crippen LogP contribution in [0.4, 0.5) is 22.7 Å². The Morgan fingerprint density at radius 3 is 2.33 bits per heavy atom. The van der Waals surface area contributed by atoms with Gasteiger partial charge in [0, 0.05) is 23.8 Å². The van der Waals surface area contributed by atoms with Gasteiger partial charge in [-0.25, -0.2) is 27.5 Å². The highest BCUT2D eigenvalue weighted by Gasteiger charge is 2.71. The van der Waals surface area contributed by atoms with E-state index < -0.39 is 35.8 Å².